The summed E-state index contributed by atoms with van der Waals surface area (Å²) in [5, 5.41) is 30.8. The summed E-state index contributed by atoms with van der Waals surface area (Å²) in [6.45, 7) is 0. The van der Waals surface area contributed by atoms with Gasteiger partial charge in [0.05, 0.1) is 16.1 Å². The number of nitrogens with one attached hydrogen (secondary N) is 2. The SMILES string of the molecule is NS(=O)(=O)c1ccc(NC(=O)Nc2ccc(-c3c4ccc(=O)cc-4oc4cc(O)ccc34)c(C(=O)O)c2)c(I)c1. The highest BCUT2D eigenvalue weighted by Gasteiger charge is 2.22. The molecule has 13 heteroatoms. The number of primary sulfonamides is 1. The van der Waals surface area contributed by atoms with E-state index in [2.05, 4.69) is 10.6 Å². The van der Waals surface area contributed by atoms with Crippen molar-refractivity contribution in [2.75, 3.05) is 10.6 Å². The van der Waals surface area contributed by atoms with Crippen LogP contribution in [0.3, 0.4) is 0 Å². The summed E-state index contributed by atoms with van der Waals surface area (Å²) >= 11 is 1.85. The Morgan fingerprint density at radius 2 is 1.65 bits per heavy atom. The number of carboxylic acid groups (broad SMARTS) is 1. The van der Waals surface area contributed by atoms with Gasteiger partial charge in [0.2, 0.25) is 10.0 Å². The van der Waals surface area contributed by atoms with E-state index in [0.717, 1.165) is 0 Å². The first-order chi connectivity index (χ1) is 18.9. The Kier molecular flexibility index (Phi) is 6.95. The molecule has 40 heavy (non-hydrogen) atoms. The number of nitrogens with two attached hydrogens (primary N) is 1. The highest BCUT2D eigenvalue weighted by Crippen LogP contribution is 2.42. The van der Waals surface area contributed by atoms with Crippen molar-refractivity contribution in [1.29, 1.82) is 0 Å². The maximum absolute atomic E-state index is 12.7. The number of carbonyl (C=O) groups excluding carboxylic acids is 1. The van der Waals surface area contributed by atoms with Crippen LogP contribution < -0.4 is 21.2 Å². The lowest BCUT2D eigenvalue weighted by atomic mass is 9.90. The zero-order chi connectivity index (χ0) is 28.8. The molecule has 0 bridgehead atoms. The molecule has 2 amide bonds. The highest BCUT2D eigenvalue weighted by atomic mass is 127. The van der Waals surface area contributed by atoms with Gasteiger partial charge in [-0.05, 0) is 82.8 Å². The highest BCUT2D eigenvalue weighted by molar-refractivity contribution is 14.1. The summed E-state index contributed by atoms with van der Waals surface area (Å²) in [5.74, 6) is -1.13. The van der Waals surface area contributed by atoms with Gasteiger partial charge in [-0.2, -0.15) is 0 Å². The molecule has 6 N–H and O–H groups in total. The van der Waals surface area contributed by atoms with Crippen molar-refractivity contribution >= 4 is 67.0 Å². The van der Waals surface area contributed by atoms with E-state index >= 15 is 0 Å². The van der Waals surface area contributed by atoms with Gasteiger partial charge in [0, 0.05) is 37.9 Å². The van der Waals surface area contributed by atoms with E-state index in [-0.39, 0.29) is 38.7 Å². The first kappa shape index (κ1) is 27.1. The van der Waals surface area contributed by atoms with Crippen LogP contribution in [0.5, 0.6) is 5.75 Å². The number of hydrogen-bond donors (Lipinski definition) is 5. The van der Waals surface area contributed by atoms with Crippen LogP contribution in [0, 0.1) is 3.57 Å². The maximum atomic E-state index is 12.7. The Hall–Kier alpha value is -4.47. The average molecular weight is 671 g/mol. The van der Waals surface area contributed by atoms with Gasteiger partial charge in [0.15, 0.2) is 5.43 Å². The predicted molar refractivity (Wildman–Crippen MR) is 156 cm³/mol. The molecule has 1 aliphatic carbocycles. The van der Waals surface area contributed by atoms with E-state index in [1.54, 1.807) is 6.07 Å². The molecule has 202 valence electrons. The van der Waals surface area contributed by atoms with Gasteiger partial charge in [-0.1, -0.05) is 6.07 Å². The largest absolute Gasteiger partial charge is 0.508 e. The smallest absolute Gasteiger partial charge is 0.336 e. The van der Waals surface area contributed by atoms with Crippen LogP contribution in [-0.4, -0.2) is 30.6 Å². The standard InChI is InChI=1S/C27H18IN3O8S/c28-21-12-16(40(29,37)38)4-8-22(21)31-27(36)30-13-1-5-17(20(9-13)26(34)35)25-18-6-2-14(32)10-23(18)39-24-11-15(33)3-7-19(24)25/h1-12,32H,(H,34,35)(H2,29,37,38)(H2,30,31,36). The average Bonchev–Trinajstić information content (AvgIpc) is 2.87. The fourth-order valence-corrected chi connectivity index (χ4v) is 5.63. The third kappa shape index (κ3) is 5.34. The molecule has 1 heterocycles. The molecule has 1 aliphatic heterocycles. The number of phenols is 1. The molecule has 0 saturated heterocycles. The van der Waals surface area contributed by atoms with E-state index in [1.165, 1.54) is 66.7 Å². The molecule has 0 atom stereocenters. The van der Waals surface area contributed by atoms with Crippen LogP contribution in [0.1, 0.15) is 10.4 Å². The number of phenolic OH excluding ortho intramolecular Hbond substituents is 1. The normalized spacial score (nSPS) is 11.4. The van der Waals surface area contributed by atoms with E-state index in [9.17, 15) is 33.0 Å². The van der Waals surface area contributed by atoms with Crippen LogP contribution in [0.15, 0.2) is 86.9 Å². The van der Waals surface area contributed by atoms with Gasteiger partial charge in [-0.25, -0.2) is 23.1 Å². The van der Waals surface area contributed by atoms with Gasteiger partial charge in [-0.3, -0.25) is 4.79 Å². The molecule has 3 aromatic rings. The molecular weight excluding hydrogens is 653 g/mol. The summed E-state index contributed by atoms with van der Waals surface area (Å²) < 4.78 is 29.3. The monoisotopic (exact) mass is 671 g/mol. The first-order valence-electron chi connectivity index (χ1n) is 11.4. The number of amides is 2. The minimum Gasteiger partial charge on any atom is -0.508 e. The molecule has 0 fully saturated rings. The molecule has 2 aliphatic rings. The molecule has 3 aromatic carbocycles. The molecular formula is C27H18IN3O8S. The number of benzene rings is 4. The van der Waals surface area contributed by atoms with Crippen molar-refractivity contribution in [2.45, 2.75) is 4.90 Å². The van der Waals surface area contributed by atoms with Crippen LogP contribution in [-0.2, 0) is 10.0 Å². The van der Waals surface area contributed by atoms with Crippen LogP contribution in [0.4, 0.5) is 16.2 Å². The van der Waals surface area contributed by atoms with E-state index in [1.807, 2.05) is 22.6 Å². The number of fused-ring (bicyclic) bond motifs is 2. The first-order valence-corrected chi connectivity index (χ1v) is 14.0. The number of hydrogen-bond acceptors (Lipinski definition) is 7. The van der Waals surface area contributed by atoms with E-state index in [4.69, 9.17) is 9.56 Å². The summed E-state index contributed by atoms with van der Waals surface area (Å²) in [5.41, 5.74) is 1.52. The van der Waals surface area contributed by atoms with Crippen molar-refractivity contribution in [2.24, 2.45) is 5.14 Å². The lowest BCUT2D eigenvalue weighted by Crippen LogP contribution is -2.20. The minimum absolute atomic E-state index is 0.0715. The van der Waals surface area contributed by atoms with Crippen LogP contribution in [0.2, 0.25) is 0 Å². The fraction of sp³-hybridized carbons (Fsp3) is 0. The predicted octanol–water partition coefficient (Wildman–Crippen LogP) is 4.86. The van der Waals surface area contributed by atoms with Gasteiger partial charge < -0.3 is 25.3 Å². The lowest BCUT2D eigenvalue weighted by Gasteiger charge is -2.17. The van der Waals surface area contributed by atoms with Gasteiger partial charge in [-0.15, -0.1) is 0 Å². The van der Waals surface area contributed by atoms with Crippen molar-refractivity contribution in [3.05, 3.63) is 92.2 Å². The number of aromatic carboxylic acids is 1. The summed E-state index contributed by atoms with van der Waals surface area (Å²) in [6.07, 6.45) is 0. The Bertz CT molecular complexity index is 1990. The number of sulfonamides is 1. The number of carboxylic acids is 1. The molecule has 0 spiro atoms. The maximum Gasteiger partial charge on any atom is 0.336 e. The van der Waals surface area contributed by atoms with Crippen molar-refractivity contribution in [1.82, 2.24) is 0 Å². The van der Waals surface area contributed by atoms with Crippen molar-refractivity contribution in [3.8, 4) is 28.2 Å². The zero-order valence-electron chi connectivity index (χ0n) is 20.1. The Labute approximate surface area is 239 Å². The Morgan fingerprint density at radius 3 is 2.35 bits per heavy atom. The minimum atomic E-state index is -3.91. The Morgan fingerprint density at radius 1 is 0.900 bits per heavy atom. The second-order valence-corrected chi connectivity index (χ2v) is 11.4. The number of urea groups is 1. The number of halogens is 1. The second kappa shape index (κ2) is 10.3. The third-order valence-electron chi connectivity index (χ3n) is 5.97. The Balaban J connectivity index is 1.54. The number of carbonyl (C=O) groups is 2. The topological polar surface area (TPSA) is 189 Å². The summed E-state index contributed by atoms with van der Waals surface area (Å²) in [4.78, 5) is 36.9. The second-order valence-electron chi connectivity index (χ2n) is 8.65. The number of aromatic hydroxyl groups is 1. The fourth-order valence-electron chi connectivity index (χ4n) is 4.23. The van der Waals surface area contributed by atoms with E-state index in [0.29, 0.717) is 31.3 Å². The van der Waals surface area contributed by atoms with Crippen molar-refractivity contribution in [3.63, 3.8) is 0 Å². The number of rotatable bonds is 5. The lowest BCUT2D eigenvalue weighted by molar-refractivity contribution is 0.0697. The van der Waals surface area contributed by atoms with Crippen LogP contribution in [0.25, 0.3) is 33.4 Å². The molecule has 11 nitrogen and oxygen atoms in total. The molecule has 0 saturated carbocycles. The quantitative estimate of drug-likeness (QED) is 0.129. The molecule has 0 unspecified atom stereocenters. The van der Waals surface area contributed by atoms with Gasteiger partial charge in [0.25, 0.3) is 0 Å². The number of anilines is 2. The van der Waals surface area contributed by atoms with Gasteiger partial charge in [0.1, 0.15) is 17.1 Å². The summed E-state index contributed by atoms with van der Waals surface area (Å²) in [6, 6.07) is 16.1. The molecule has 0 radical (unpaired) electrons. The summed E-state index contributed by atoms with van der Waals surface area (Å²) in [7, 11) is -3.91. The van der Waals surface area contributed by atoms with Crippen LogP contribution >= 0.6 is 22.6 Å². The third-order valence-corrected chi connectivity index (χ3v) is 7.77. The zero-order valence-corrected chi connectivity index (χ0v) is 23.1. The van der Waals surface area contributed by atoms with E-state index < -0.39 is 22.0 Å². The molecule has 0 aromatic heterocycles. The van der Waals surface area contributed by atoms with Crippen molar-refractivity contribution < 1.29 is 32.6 Å². The molecule has 5 rings (SSSR count). The van der Waals surface area contributed by atoms with Gasteiger partial charge >= 0.3 is 12.0 Å².